The number of fused-ring (bicyclic) bond motifs is 1. The largest absolute Gasteiger partial charge is 0.490 e. The van der Waals surface area contributed by atoms with E-state index in [2.05, 4.69) is 15.8 Å². The number of rotatable bonds is 5. The molecule has 0 radical (unpaired) electrons. The number of carbonyl (C=O) groups excluding carboxylic acids is 2. The van der Waals surface area contributed by atoms with Crippen molar-refractivity contribution in [1.82, 2.24) is 5.43 Å². The lowest BCUT2D eigenvalue weighted by Gasteiger charge is -2.14. The van der Waals surface area contributed by atoms with E-state index in [1.165, 1.54) is 30.5 Å². The monoisotopic (exact) mass is 393 g/mol. The molecule has 0 heterocycles. The third kappa shape index (κ3) is 5.16. The molecule has 0 spiro atoms. The van der Waals surface area contributed by atoms with E-state index in [9.17, 15) is 14.0 Å². The number of benzene rings is 3. The van der Waals surface area contributed by atoms with Crippen LogP contribution in [0.5, 0.6) is 5.75 Å². The smallest absolute Gasteiger partial charge is 0.329 e. The molecule has 2 amide bonds. The van der Waals surface area contributed by atoms with Crippen molar-refractivity contribution in [3.05, 3.63) is 72.0 Å². The summed E-state index contributed by atoms with van der Waals surface area (Å²) in [6.45, 7) is 3.83. The Morgan fingerprint density at radius 3 is 2.45 bits per heavy atom. The van der Waals surface area contributed by atoms with Crippen molar-refractivity contribution >= 4 is 34.5 Å². The topological polar surface area (TPSA) is 79.8 Å². The number of nitrogens with one attached hydrogen (secondary N) is 2. The van der Waals surface area contributed by atoms with Gasteiger partial charge in [-0.3, -0.25) is 9.59 Å². The first-order valence-corrected chi connectivity index (χ1v) is 9.02. The molecule has 3 aromatic rings. The molecule has 0 aromatic heterocycles. The molecular weight excluding hydrogens is 373 g/mol. The highest BCUT2D eigenvalue weighted by Gasteiger charge is 2.13. The Morgan fingerprint density at radius 2 is 1.72 bits per heavy atom. The van der Waals surface area contributed by atoms with E-state index < -0.39 is 17.6 Å². The van der Waals surface area contributed by atoms with Crippen LogP contribution >= 0.6 is 0 Å². The van der Waals surface area contributed by atoms with Crippen molar-refractivity contribution in [2.24, 2.45) is 5.10 Å². The average Bonchev–Trinajstić information content (AvgIpc) is 2.70. The molecule has 6 nitrogen and oxygen atoms in total. The molecule has 0 unspecified atom stereocenters. The van der Waals surface area contributed by atoms with Gasteiger partial charge in [0.25, 0.3) is 0 Å². The van der Waals surface area contributed by atoms with Crippen LogP contribution in [-0.2, 0) is 9.59 Å². The number of hydrazone groups is 1. The van der Waals surface area contributed by atoms with E-state index in [-0.39, 0.29) is 6.10 Å². The highest BCUT2D eigenvalue weighted by atomic mass is 19.1. The van der Waals surface area contributed by atoms with Crippen LogP contribution in [0.2, 0.25) is 0 Å². The predicted octanol–water partition coefficient (Wildman–Crippen LogP) is 3.85. The Hall–Kier alpha value is -3.74. The van der Waals surface area contributed by atoms with Crippen molar-refractivity contribution in [2.45, 2.75) is 20.0 Å². The molecule has 0 aliphatic heterocycles. The van der Waals surface area contributed by atoms with Gasteiger partial charge in [-0.25, -0.2) is 9.82 Å². The SMILES string of the molecule is CC(C)Oc1ccc2ccccc2c1/C=N\NC(=O)C(=O)Nc1ccc(F)cc1. The van der Waals surface area contributed by atoms with Gasteiger partial charge in [0.05, 0.1) is 12.3 Å². The molecule has 0 saturated carbocycles. The second-order valence-corrected chi connectivity index (χ2v) is 6.53. The molecule has 3 aromatic carbocycles. The van der Waals surface area contributed by atoms with Gasteiger partial charge in [-0.05, 0) is 55.0 Å². The Labute approximate surface area is 167 Å². The standard InChI is InChI=1S/C22H20FN3O3/c1-14(2)29-20-12-7-15-5-3-4-6-18(15)19(20)13-24-26-22(28)21(27)25-17-10-8-16(23)9-11-17/h3-14H,1-2H3,(H,25,27)(H,26,28)/b24-13-. The number of halogens is 1. The fourth-order valence-electron chi connectivity index (χ4n) is 2.69. The Kier molecular flexibility index (Phi) is 6.19. The number of carbonyl (C=O) groups is 2. The van der Waals surface area contributed by atoms with Crippen LogP contribution < -0.4 is 15.5 Å². The lowest BCUT2D eigenvalue weighted by molar-refractivity contribution is -0.136. The molecule has 0 aliphatic carbocycles. The zero-order valence-electron chi connectivity index (χ0n) is 16.0. The summed E-state index contributed by atoms with van der Waals surface area (Å²) in [5.74, 6) is -1.68. The molecule has 0 saturated heterocycles. The van der Waals surface area contributed by atoms with Crippen LogP contribution in [0.4, 0.5) is 10.1 Å². The maximum absolute atomic E-state index is 12.9. The van der Waals surface area contributed by atoms with E-state index >= 15 is 0 Å². The van der Waals surface area contributed by atoms with Gasteiger partial charge >= 0.3 is 11.8 Å². The van der Waals surface area contributed by atoms with E-state index in [0.717, 1.165) is 10.8 Å². The quantitative estimate of drug-likeness (QED) is 0.393. The van der Waals surface area contributed by atoms with Crippen molar-refractivity contribution < 1.29 is 18.7 Å². The number of nitrogens with zero attached hydrogens (tertiary/aromatic N) is 1. The summed E-state index contributed by atoms with van der Waals surface area (Å²) in [6, 6.07) is 16.6. The fraction of sp³-hybridized carbons (Fsp3) is 0.136. The lowest BCUT2D eigenvalue weighted by atomic mass is 10.0. The van der Waals surface area contributed by atoms with Gasteiger partial charge in [-0.1, -0.05) is 30.3 Å². The molecule has 0 fully saturated rings. The summed E-state index contributed by atoms with van der Waals surface area (Å²) >= 11 is 0. The van der Waals surface area contributed by atoms with Crippen molar-refractivity contribution in [3.8, 4) is 5.75 Å². The first kappa shape index (κ1) is 20.0. The molecule has 148 valence electrons. The minimum absolute atomic E-state index is 0.0422. The Morgan fingerprint density at radius 1 is 1.00 bits per heavy atom. The van der Waals surface area contributed by atoms with Gasteiger partial charge in [-0.2, -0.15) is 5.10 Å². The molecular formula is C22H20FN3O3. The van der Waals surface area contributed by atoms with Crippen LogP contribution in [0.1, 0.15) is 19.4 Å². The first-order chi connectivity index (χ1) is 13.9. The average molecular weight is 393 g/mol. The summed E-state index contributed by atoms with van der Waals surface area (Å²) in [7, 11) is 0. The van der Waals surface area contributed by atoms with E-state index in [0.29, 0.717) is 17.0 Å². The minimum Gasteiger partial charge on any atom is -0.490 e. The van der Waals surface area contributed by atoms with Crippen LogP contribution in [0.15, 0.2) is 65.8 Å². The minimum atomic E-state index is -0.947. The summed E-state index contributed by atoms with van der Waals surface area (Å²) < 4.78 is 18.7. The van der Waals surface area contributed by atoms with Crippen LogP contribution in [0.3, 0.4) is 0 Å². The second kappa shape index (κ2) is 8.97. The maximum Gasteiger partial charge on any atom is 0.329 e. The van der Waals surface area contributed by atoms with Gasteiger partial charge in [-0.15, -0.1) is 0 Å². The molecule has 7 heteroatoms. The molecule has 29 heavy (non-hydrogen) atoms. The highest BCUT2D eigenvalue weighted by Crippen LogP contribution is 2.27. The summed E-state index contributed by atoms with van der Waals surface area (Å²) in [5.41, 5.74) is 3.19. The summed E-state index contributed by atoms with van der Waals surface area (Å²) in [4.78, 5) is 23.9. The van der Waals surface area contributed by atoms with Crippen molar-refractivity contribution in [1.29, 1.82) is 0 Å². The third-order valence-electron chi connectivity index (χ3n) is 3.96. The number of anilines is 1. The normalized spacial score (nSPS) is 11.0. The van der Waals surface area contributed by atoms with E-state index in [1.807, 2.05) is 50.2 Å². The summed E-state index contributed by atoms with van der Waals surface area (Å²) in [6.07, 6.45) is 1.41. The summed E-state index contributed by atoms with van der Waals surface area (Å²) in [5, 5.41) is 8.17. The van der Waals surface area contributed by atoms with Crippen molar-refractivity contribution in [2.75, 3.05) is 5.32 Å². The Balaban J connectivity index is 1.75. The van der Waals surface area contributed by atoms with Gasteiger partial charge in [0, 0.05) is 11.3 Å². The molecule has 3 rings (SSSR count). The van der Waals surface area contributed by atoms with Crippen LogP contribution in [-0.4, -0.2) is 24.1 Å². The number of amides is 2. The lowest BCUT2D eigenvalue weighted by Crippen LogP contribution is -2.32. The maximum atomic E-state index is 12.9. The highest BCUT2D eigenvalue weighted by molar-refractivity contribution is 6.39. The van der Waals surface area contributed by atoms with Gasteiger partial charge in [0.15, 0.2) is 0 Å². The first-order valence-electron chi connectivity index (χ1n) is 9.02. The van der Waals surface area contributed by atoms with Gasteiger partial charge in [0.1, 0.15) is 11.6 Å². The van der Waals surface area contributed by atoms with Crippen LogP contribution in [0, 0.1) is 5.82 Å². The number of hydrogen-bond acceptors (Lipinski definition) is 4. The molecule has 2 N–H and O–H groups in total. The Bertz CT molecular complexity index is 1060. The van der Waals surface area contributed by atoms with Crippen molar-refractivity contribution in [3.63, 3.8) is 0 Å². The van der Waals surface area contributed by atoms with Crippen LogP contribution in [0.25, 0.3) is 10.8 Å². The third-order valence-corrected chi connectivity index (χ3v) is 3.96. The predicted molar refractivity (Wildman–Crippen MR) is 110 cm³/mol. The zero-order valence-corrected chi connectivity index (χ0v) is 16.0. The molecule has 0 aliphatic rings. The van der Waals surface area contributed by atoms with Gasteiger partial charge in [0.2, 0.25) is 0 Å². The van der Waals surface area contributed by atoms with E-state index in [1.54, 1.807) is 0 Å². The second-order valence-electron chi connectivity index (χ2n) is 6.53. The van der Waals surface area contributed by atoms with E-state index in [4.69, 9.17) is 4.74 Å². The molecule has 0 atom stereocenters. The fourth-order valence-corrected chi connectivity index (χ4v) is 2.69. The molecule has 0 bridgehead atoms. The number of ether oxygens (including phenoxy) is 1. The van der Waals surface area contributed by atoms with Gasteiger partial charge < -0.3 is 10.1 Å². The number of hydrogen-bond donors (Lipinski definition) is 2. The zero-order chi connectivity index (χ0) is 20.8.